The third kappa shape index (κ3) is 226. The summed E-state index contributed by atoms with van der Waals surface area (Å²) in [6.45, 7) is 108. The lowest BCUT2D eigenvalue weighted by Crippen LogP contribution is -1.93. The number of para-hydroxylation sites is 2. The van der Waals surface area contributed by atoms with E-state index in [9.17, 15) is 0 Å². The lowest BCUT2D eigenvalue weighted by molar-refractivity contribution is 0.469. The van der Waals surface area contributed by atoms with Crippen molar-refractivity contribution in [2.24, 2.45) is 54.1 Å². The first-order valence-electron chi connectivity index (χ1n) is 38.8. The number of benzene rings is 5. The Morgan fingerprint density at radius 3 is 0.402 bits per heavy atom. The van der Waals surface area contributed by atoms with Crippen LogP contribution < -0.4 is 0 Å². The van der Waals surface area contributed by atoms with Gasteiger partial charge in [0.25, 0.3) is 0 Å². The first-order chi connectivity index (χ1) is 45.9. The summed E-state index contributed by atoms with van der Waals surface area (Å²) in [6.07, 6.45) is 7.12. The molecular formula is C99H183N3. The molecule has 0 aliphatic carbocycles. The summed E-state index contributed by atoms with van der Waals surface area (Å²) < 4.78 is 0. The fraction of sp³-hybridized carbons (Fsp3) is 0.606. The molecule has 0 bridgehead atoms. The number of rotatable bonds is 0. The van der Waals surface area contributed by atoms with Crippen LogP contribution in [0.4, 0.5) is 0 Å². The van der Waals surface area contributed by atoms with Gasteiger partial charge in [0.15, 0.2) is 0 Å². The molecule has 0 radical (unpaired) electrons. The molecule has 3 heterocycles. The van der Waals surface area contributed by atoms with Crippen LogP contribution in [0.15, 0.2) is 201 Å². The molecule has 102 heavy (non-hydrogen) atoms. The van der Waals surface area contributed by atoms with Gasteiger partial charge in [0.05, 0.1) is 11.0 Å². The molecule has 3 aromatic heterocycles. The van der Waals surface area contributed by atoms with Crippen molar-refractivity contribution in [2.45, 2.75) is 346 Å². The predicted molar refractivity (Wildman–Crippen MR) is 486 cm³/mol. The summed E-state index contributed by atoms with van der Waals surface area (Å²) in [6, 6.07) is 58.6. The molecular weight excluding hydrogens is 1230 g/mol. The summed E-state index contributed by atoms with van der Waals surface area (Å²) in [7, 11) is 0. The zero-order valence-electron chi connectivity index (χ0n) is 78.4. The van der Waals surface area contributed by atoms with Gasteiger partial charge in [-0.25, -0.2) is 0 Å². The van der Waals surface area contributed by atoms with Crippen molar-refractivity contribution >= 4 is 32.6 Å². The van der Waals surface area contributed by atoms with E-state index in [2.05, 4.69) is 365 Å². The third-order valence-electron chi connectivity index (χ3n) is 5.92. The van der Waals surface area contributed by atoms with Gasteiger partial charge in [0.1, 0.15) is 0 Å². The normalized spacial score (nSPS) is 10.1. The highest BCUT2D eigenvalue weighted by Crippen LogP contribution is 2.15. The average Bonchev–Trinajstić information content (AvgIpc) is 0.889. The van der Waals surface area contributed by atoms with Gasteiger partial charge in [-0.15, -0.1) is 0 Å². The summed E-state index contributed by atoms with van der Waals surface area (Å²) >= 11 is 0. The van der Waals surface area contributed by atoms with Crippen LogP contribution in [-0.4, -0.2) is 15.0 Å². The van der Waals surface area contributed by atoms with Crippen molar-refractivity contribution in [1.29, 1.82) is 0 Å². The van der Waals surface area contributed by atoms with Crippen LogP contribution in [0.5, 0.6) is 0 Å². The SMILES string of the molecule is CC.CC.CC.CC.CC.CC(C)(C)C.CC(C)(C)C.CC(C)(C)C.CC(C)(C)C.CC(C)(C)C.CC(C)(C)C.CC(C)(C)C.CC(C)(C)C.CC(C)(C)C.CC(C)(C)C.c1ccc2ccccc2c1.c1ccc2ncccc2c1.c1ccc2ncccc2c1.c1ccccc1.c1ccncc1. The lowest BCUT2D eigenvalue weighted by atomic mass is 10.0. The molecule has 0 spiro atoms. The van der Waals surface area contributed by atoms with Gasteiger partial charge in [-0.1, -0.05) is 486 Å². The smallest absolute Gasteiger partial charge is 0.0701 e. The number of hydrogen-bond acceptors (Lipinski definition) is 3. The highest BCUT2D eigenvalue weighted by Gasteiger charge is 2.00. The van der Waals surface area contributed by atoms with E-state index in [1.54, 1.807) is 12.4 Å². The van der Waals surface area contributed by atoms with Crippen LogP contribution in [0.2, 0.25) is 0 Å². The number of aromatic nitrogens is 3. The van der Waals surface area contributed by atoms with E-state index in [0.29, 0.717) is 54.1 Å². The lowest BCUT2D eigenvalue weighted by Gasteiger charge is -2.05. The Bertz CT molecular complexity index is 2100. The Balaban J connectivity index is -0.0000000851. The summed E-state index contributed by atoms with van der Waals surface area (Å²) in [5.41, 5.74) is 7.12. The van der Waals surface area contributed by atoms with E-state index in [1.807, 2.05) is 185 Å². The largest absolute Gasteiger partial charge is 0.265 e. The quantitative estimate of drug-likeness (QED) is 0.152. The molecule has 0 atom stereocenters. The van der Waals surface area contributed by atoms with Crippen LogP contribution in [0.3, 0.4) is 0 Å². The highest BCUT2D eigenvalue weighted by atomic mass is 14.6. The molecule has 0 unspecified atom stereocenters. The van der Waals surface area contributed by atoms with Gasteiger partial charge in [-0.2, -0.15) is 0 Å². The second-order valence-electron chi connectivity index (χ2n) is 38.9. The summed E-state index contributed by atoms with van der Waals surface area (Å²) in [5.74, 6) is 0. The molecule has 0 aliphatic rings. The maximum absolute atomic E-state index is 4.18. The molecule has 3 nitrogen and oxygen atoms in total. The number of pyridine rings is 3. The van der Waals surface area contributed by atoms with Crippen LogP contribution >= 0.6 is 0 Å². The number of hydrogen-bond donors (Lipinski definition) is 0. The zero-order valence-corrected chi connectivity index (χ0v) is 78.4. The van der Waals surface area contributed by atoms with Crippen LogP contribution in [0.1, 0.15) is 346 Å². The second-order valence-corrected chi connectivity index (χ2v) is 38.9. The van der Waals surface area contributed by atoms with Gasteiger partial charge in [0.2, 0.25) is 0 Å². The molecule has 0 N–H and O–H groups in total. The maximum Gasteiger partial charge on any atom is 0.0701 e. The molecule has 0 amide bonds. The average molecular weight is 1420 g/mol. The van der Waals surface area contributed by atoms with Crippen molar-refractivity contribution < 1.29 is 0 Å². The molecule has 8 rings (SSSR count). The van der Waals surface area contributed by atoms with Gasteiger partial charge >= 0.3 is 0 Å². The molecule has 0 saturated carbocycles. The van der Waals surface area contributed by atoms with Crippen LogP contribution in [0.25, 0.3) is 32.6 Å². The first kappa shape index (κ1) is 123. The molecule has 0 fully saturated rings. The standard InChI is InChI=1S/C10H8.2C9H7N.C6H6.C5H5N.10C5H12.5C2H6/c1-2-6-10-8-4-3-7-9(10)5-1;2*1-2-6-9-8(4-1)5-3-7-10-9;2*1-2-4-6-5-3-1;10*1-5(2,3)4;5*1-2/h1-8H;2*1-7H;1-6H;1-5H;10*1-4H3;5*1-2H3. The fourth-order valence-electron chi connectivity index (χ4n) is 3.86. The molecule has 594 valence electrons. The van der Waals surface area contributed by atoms with Crippen LogP contribution in [0, 0.1) is 54.1 Å². The minimum absolute atomic E-state index is 0.500. The fourth-order valence-corrected chi connectivity index (χ4v) is 3.86. The van der Waals surface area contributed by atoms with Gasteiger partial charge < -0.3 is 0 Å². The van der Waals surface area contributed by atoms with Gasteiger partial charge in [0, 0.05) is 35.6 Å². The Labute approximate surface area is 644 Å². The highest BCUT2D eigenvalue weighted by molar-refractivity contribution is 5.82. The first-order valence-corrected chi connectivity index (χ1v) is 38.8. The van der Waals surface area contributed by atoms with E-state index in [-0.39, 0.29) is 0 Å². The summed E-state index contributed by atoms with van der Waals surface area (Å²) in [5, 5.41) is 5.02. The van der Waals surface area contributed by atoms with Crippen molar-refractivity contribution in [3.63, 3.8) is 0 Å². The van der Waals surface area contributed by atoms with Crippen molar-refractivity contribution in [2.75, 3.05) is 0 Å². The van der Waals surface area contributed by atoms with Gasteiger partial charge in [-0.05, 0) is 101 Å². The van der Waals surface area contributed by atoms with Gasteiger partial charge in [-0.3, -0.25) is 15.0 Å². The van der Waals surface area contributed by atoms with Crippen molar-refractivity contribution in [3.8, 4) is 0 Å². The Morgan fingerprint density at radius 1 is 0.147 bits per heavy atom. The topological polar surface area (TPSA) is 38.7 Å². The monoisotopic (exact) mass is 1410 g/mol. The van der Waals surface area contributed by atoms with E-state index < -0.39 is 0 Å². The minimum atomic E-state index is 0.500. The summed E-state index contributed by atoms with van der Waals surface area (Å²) in [4.78, 5) is 12.1. The van der Waals surface area contributed by atoms with Crippen molar-refractivity contribution in [1.82, 2.24) is 15.0 Å². The molecule has 8 aromatic rings. The minimum Gasteiger partial charge on any atom is -0.265 e. The Hall–Kier alpha value is -5.67. The van der Waals surface area contributed by atoms with E-state index in [4.69, 9.17) is 0 Å². The second kappa shape index (κ2) is 72.3. The molecule has 5 aromatic carbocycles. The van der Waals surface area contributed by atoms with E-state index in [1.165, 1.54) is 21.5 Å². The van der Waals surface area contributed by atoms with Crippen molar-refractivity contribution in [3.05, 3.63) is 201 Å². The van der Waals surface area contributed by atoms with E-state index >= 15 is 0 Å². The molecule has 0 saturated heterocycles. The zero-order chi connectivity index (χ0) is 83.9. The Morgan fingerprint density at radius 2 is 0.275 bits per heavy atom. The third-order valence-corrected chi connectivity index (χ3v) is 5.92. The predicted octanol–water partition coefficient (Wildman–Crippen LogP) is 35.7. The Kier molecular flexibility index (Phi) is 87.2. The molecule has 3 heteroatoms. The van der Waals surface area contributed by atoms with E-state index in [0.717, 1.165) is 11.0 Å². The maximum atomic E-state index is 4.18. The van der Waals surface area contributed by atoms with Crippen LogP contribution in [-0.2, 0) is 0 Å². The molecule has 0 aliphatic heterocycles. The number of nitrogens with zero attached hydrogens (tertiary/aromatic N) is 3. The number of fused-ring (bicyclic) bond motifs is 3.